The maximum absolute atomic E-state index is 12.4. The number of rotatable bonds is 2. The molecule has 0 unspecified atom stereocenters. The molecule has 1 aromatic rings. The Morgan fingerprint density at radius 2 is 1.94 bits per heavy atom. The molecule has 0 N–H and O–H groups in total. The lowest BCUT2D eigenvalue weighted by atomic mass is 10.2. The largest absolute Gasteiger partial charge is 0.417 e. The smallest absolute Gasteiger partial charge is 0.358 e. The number of nitrogens with zero attached hydrogens (tertiary/aromatic N) is 2. The van der Waals surface area contributed by atoms with Gasteiger partial charge >= 0.3 is 18.4 Å². The predicted molar refractivity (Wildman–Crippen MR) is 53.6 cm³/mol. The van der Waals surface area contributed by atoms with Crippen molar-refractivity contribution in [2.75, 3.05) is 0 Å². The molecule has 0 saturated carbocycles. The minimum atomic E-state index is -4.95. The molecule has 0 radical (unpaired) electrons. The fourth-order valence-electron chi connectivity index (χ4n) is 0.980. The Morgan fingerprint density at radius 1 is 1.41 bits per heavy atom. The third-order valence-electron chi connectivity index (χ3n) is 1.67. The number of pyridine rings is 1. The monoisotopic (exact) mass is 368 g/mol. The van der Waals surface area contributed by atoms with Gasteiger partial charge in [-0.25, -0.2) is 8.78 Å². The maximum Gasteiger partial charge on any atom is 0.417 e. The first-order valence-corrected chi connectivity index (χ1v) is 4.92. The van der Waals surface area contributed by atoms with E-state index < -0.39 is 38.2 Å². The molecule has 0 fully saturated rings. The van der Waals surface area contributed by atoms with Crippen LogP contribution in [0.1, 0.15) is 17.7 Å². The molecule has 0 aliphatic carbocycles. The molecule has 1 aromatic heterocycles. The molecule has 17 heavy (non-hydrogen) atoms. The number of alkyl halides is 5. The average molecular weight is 368 g/mol. The van der Waals surface area contributed by atoms with Crippen LogP contribution >= 0.6 is 22.6 Å². The standard InChI is InChI=1S/C7H2F5IN2O2/c8-6(9)5-4(13)2(7(10,11)12)1-3(14-5)15(16)17/h1,6H. The zero-order valence-electron chi connectivity index (χ0n) is 7.63. The molecule has 0 bridgehead atoms. The second-order valence-corrected chi connectivity index (χ2v) is 3.86. The lowest BCUT2D eigenvalue weighted by Gasteiger charge is -2.09. The van der Waals surface area contributed by atoms with Gasteiger partial charge in [0.1, 0.15) is 0 Å². The van der Waals surface area contributed by atoms with Crippen LogP contribution in [0, 0.1) is 13.7 Å². The first kappa shape index (κ1) is 14.0. The summed E-state index contributed by atoms with van der Waals surface area (Å²) in [5.74, 6) is -1.26. The highest BCUT2D eigenvalue weighted by atomic mass is 127. The van der Waals surface area contributed by atoms with E-state index in [-0.39, 0.29) is 6.07 Å². The second-order valence-electron chi connectivity index (χ2n) is 2.78. The highest BCUT2D eigenvalue weighted by molar-refractivity contribution is 14.1. The van der Waals surface area contributed by atoms with Gasteiger partial charge < -0.3 is 10.1 Å². The van der Waals surface area contributed by atoms with Gasteiger partial charge in [0.05, 0.1) is 9.13 Å². The Hall–Kier alpha value is -1.07. The number of nitro groups is 1. The molecule has 94 valence electrons. The van der Waals surface area contributed by atoms with Crippen LogP contribution in [0.2, 0.25) is 0 Å². The fourth-order valence-corrected chi connectivity index (χ4v) is 1.80. The van der Waals surface area contributed by atoms with E-state index in [1.54, 1.807) is 0 Å². The Morgan fingerprint density at radius 3 is 2.29 bits per heavy atom. The van der Waals surface area contributed by atoms with E-state index in [9.17, 15) is 32.1 Å². The van der Waals surface area contributed by atoms with Crippen molar-refractivity contribution in [3.63, 3.8) is 0 Å². The molecule has 4 nitrogen and oxygen atoms in total. The summed E-state index contributed by atoms with van der Waals surface area (Å²) in [5, 5.41) is 10.3. The van der Waals surface area contributed by atoms with Crippen molar-refractivity contribution in [3.05, 3.63) is 31.0 Å². The van der Waals surface area contributed by atoms with Gasteiger partial charge in [-0.05, 0) is 32.5 Å². The molecule has 0 amide bonds. The van der Waals surface area contributed by atoms with Crippen molar-refractivity contribution in [1.29, 1.82) is 0 Å². The average Bonchev–Trinajstić information content (AvgIpc) is 2.15. The van der Waals surface area contributed by atoms with Gasteiger partial charge in [0.2, 0.25) is 5.69 Å². The molecular formula is C7H2F5IN2O2. The van der Waals surface area contributed by atoms with Crippen LogP contribution in [0.3, 0.4) is 0 Å². The molecule has 0 aliphatic rings. The van der Waals surface area contributed by atoms with E-state index in [1.807, 2.05) is 0 Å². The van der Waals surface area contributed by atoms with Gasteiger partial charge in [-0.1, -0.05) is 0 Å². The molecular weight excluding hydrogens is 366 g/mol. The summed E-state index contributed by atoms with van der Waals surface area (Å²) in [5.41, 5.74) is -2.73. The third-order valence-corrected chi connectivity index (χ3v) is 2.80. The van der Waals surface area contributed by atoms with Gasteiger partial charge in [-0.3, -0.25) is 0 Å². The zero-order chi connectivity index (χ0) is 13.4. The Bertz CT molecular complexity index is 462. The summed E-state index contributed by atoms with van der Waals surface area (Å²) in [7, 11) is 0. The summed E-state index contributed by atoms with van der Waals surface area (Å²) in [6.45, 7) is 0. The van der Waals surface area contributed by atoms with Crippen LogP contribution in [0.5, 0.6) is 0 Å². The van der Waals surface area contributed by atoms with E-state index in [2.05, 4.69) is 4.98 Å². The van der Waals surface area contributed by atoms with E-state index in [0.717, 1.165) is 22.6 Å². The topological polar surface area (TPSA) is 56.0 Å². The van der Waals surface area contributed by atoms with Gasteiger partial charge in [0.25, 0.3) is 0 Å². The Labute approximate surface area is 104 Å². The second kappa shape index (κ2) is 4.66. The number of hydrogen-bond acceptors (Lipinski definition) is 3. The molecule has 1 rings (SSSR count). The van der Waals surface area contributed by atoms with E-state index in [0.29, 0.717) is 0 Å². The summed E-state index contributed by atoms with van der Waals surface area (Å²) in [6.07, 6.45) is -8.27. The minimum Gasteiger partial charge on any atom is -0.358 e. The first-order chi connectivity index (χ1) is 7.64. The molecule has 1 heterocycles. The third kappa shape index (κ3) is 2.98. The Kier molecular flexibility index (Phi) is 3.84. The summed E-state index contributed by atoms with van der Waals surface area (Å²) in [6, 6.07) is 0.133. The Balaban J connectivity index is 3.55. The first-order valence-electron chi connectivity index (χ1n) is 3.84. The van der Waals surface area contributed by atoms with E-state index in [1.165, 1.54) is 0 Å². The summed E-state index contributed by atoms with van der Waals surface area (Å²) >= 11 is 1.04. The highest BCUT2D eigenvalue weighted by Crippen LogP contribution is 2.37. The van der Waals surface area contributed by atoms with Crippen molar-refractivity contribution in [1.82, 2.24) is 4.98 Å². The number of halogens is 6. The summed E-state index contributed by atoms with van der Waals surface area (Å²) < 4.78 is 61.2. The van der Waals surface area contributed by atoms with E-state index in [4.69, 9.17) is 0 Å². The van der Waals surface area contributed by atoms with Crippen LogP contribution in [0.15, 0.2) is 6.07 Å². The van der Waals surface area contributed by atoms with Gasteiger partial charge in [-0.2, -0.15) is 13.2 Å². The van der Waals surface area contributed by atoms with Crippen molar-refractivity contribution >= 4 is 28.4 Å². The van der Waals surface area contributed by atoms with Crippen LogP contribution in [0.25, 0.3) is 0 Å². The van der Waals surface area contributed by atoms with Gasteiger partial charge in [0, 0.05) is 6.07 Å². The SMILES string of the molecule is O=[N+]([O-])c1cc(C(F)(F)F)c(I)c(C(F)F)n1. The molecule has 0 atom stereocenters. The van der Waals surface area contributed by atoms with E-state index >= 15 is 0 Å². The van der Waals surface area contributed by atoms with Crippen LogP contribution in [-0.2, 0) is 6.18 Å². The van der Waals surface area contributed by atoms with Gasteiger partial charge in [-0.15, -0.1) is 0 Å². The quantitative estimate of drug-likeness (QED) is 0.347. The molecule has 10 heteroatoms. The maximum atomic E-state index is 12.4. The van der Waals surface area contributed by atoms with Crippen molar-refractivity contribution < 1.29 is 26.9 Å². The van der Waals surface area contributed by atoms with Crippen LogP contribution in [-0.4, -0.2) is 9.91 Å². The highest BCUT2D eigenvalue weighted by Gasteiger charge is 2.39. The van der Waals surface area contributed by atoms with Gasteiger partial charge in [0.15, 0.2) is 0 Å². The molecule has 0 aromatic carbocycles. The predicted octanol–water partition coefficient (Wildman–Crippen LogP) is 3.55. The van der Waals surface area contributed by atoms with Crippen molar-refractivity contribution in [2.45, 2.75) is 12.6 Å². The normalized spacial score (nSPS) is 11.9. The molecule has 0 saturated heterocycles. The zero-order valence-corrected chi connectivity index (χ0v) is 9.79. The van der Waals surface area contributed by atoms with Crippen molar-refractivity contribution in [3.8, 4) is 0 Å². The number of aromatic nitrogens is 1. The lowest BCUT2D eigenvalue weighted by molar-refractivity contribution is -0.390. The molecule has 0 spiro atoms. The van der Waals surface area contributed by atoms with Crippen LogP contribution in [0.4, 0.5) is 27.8 Å². The fraction of sp³-hybridized carbons (Fsp3) is 0.286. The number of hydrogen-bond donors (Lipinski definition) is 0. The minimum absolute atomic E-state index is 0.133. The van der Waals surface area contributed by atoms with Crippen molar-refractivity contribution in [2.24, 2.45) is 0 Å². The summed E-state index contributed by atoms with van der Waals surface area (Å²) in [4.78, 5) is 11.9. The lowest BCUT2D eigenvalue weighted by Crippen LogP contribution is -2.12. The van der Waals surface area contributed by atoms with Crippen LogP contribution < -0.4 is 0 Å². The molecule has 0 aliphatic heterocycles.